The van der Waals surface area contributed by atoms with Crippen molar-refractivity contribution in [3.63, 3.8) is 0 Å². The van der Waals surface area contributed by atoms with Crippen molar-refractivity contribution in [3.8, 4) is 11.5 Å². The molecule has 8 rings (SSSR count). The molecule has 0 aliphatic carbocycles. The molecule has 17 nitrogen and oxygen atoms in total. The predicted molar refractivity (Wildman–Crippen MR) is 275 cm³/mol. The number of sulfonamides is 1. The standard InChI is InChI=1S/C50H68ClN11O6S/c1-7-34-30-43(54-50-52-33-41(51)48(56-50)53-42-14-12-39(67-4)31-45(42)58(3)69(6,65)66)46(68-5)32-44(34)62-22-18-38(19-23-62)61-28-26-59(27-29-61)25-24-57(2)36-16-20-60(21-17-36)37-10-8-35(9-11-37)40-13-15-47(63)55-49(40)64/h8-12,14,30-33,36,38,40H,7,13,15-29H2,1-6H3,(H,55,63,64)(H2,52,53,54,56). The van der Waals surface area contributed by atoms with E-state index in [1.165, 1.54) is 41.6 Å². The molecule has 69 heavy (non-hydrogen) atoms. The summed E-state index contributed by atoms with van der Waals surface area (Å²) in [6.45, 7) is 12.7. The number of carbonyl (C=O) groups is 2. The molecule has 4 aliphatic rings. The van der Waals surface area contributed by atoms with E-state index >= 15 is 0 Å². The van der Waals surface area contributed by atoms with Gasteiger partial charge in [-0.3, -0.25) is 29.0 Å². The van der Waals surface area contributed by atoms with Crippen molar-refractivity contribution < 1.29 is 27.5 Å². The second kappa shape index (κ2) is 22.1. The number of amides is 2. The molecule has 4 fully saturated rings. The molecule has 0 spiro atoms. The first kappa shape index (κ1) is 50.0. The molecule has 0 saturated carbocycles. The molecular weight excluding hydrogens is 918 g/mol. The Kier molecular flexibility index (Phi) is 16.0. The highest BCUT2D eigenvalue weighted by atomic mass is 35.5. The van der Waals surface area contributed by atoms with Gasteiger partial charge in [0.1, 0.15) is 16.5 Å². The van der Waals surface area contributed by atoms with Gasteiger partial charge in [-0.05, 0) is 87.0 Å². The summed E-state index contributed by atoms with van der Waals surface area (Å²) in [5.41, 5.74) is 6.12. The SMILES string of the molecule is CCc1cc(Nc2ncc(Cl)c(Nc3ccc(OC)cc3N(C)S(C)(=O)=O)n2)c(OC)cc1N1CCC(N2CCN(CCN(C)C3CCN(c4ccc(C5CCC(=O)NC5=O)cc4)CC3)CC2)CC1. The molecule has 0 bridgehead atoms. The normalized spacial score (nSPS) is 19.2. The fraction of sp³-hybridized carbons (Fsp3) is 0.520. The maximum atomic E-state index is 12.5. The van der Waals surface area contributed by atoms with Gasteiger partial charge in [0.05, 0.1) is 49.7 Å². The number of hydrogen-bond donors (Lipinski definition) is 3. The smallest absolute Gasteiger partial charge is 0.234 e. The quantitative estimate of drug-likeness (QED) is 0.101. The minimum Gasteiger partial charge on any atom is -0.497 e. The lowest BCUT2D eigenvalue weighted by Gasteiger charge is -2.44. The molecule has 4 saturated heterocycles. The number of hydrogen-bond acceptors (Lipinski definition) is 15. The van der Waals surface area contributed by atoms with Crippen molar-refractivity contribution >= 4 is 73.6 Å². The Hall–Kier alpha value is -5.40. The third kappa shape index (κ3) is 12.0. The van der Waals surface area contributed by atoms with Crippen LogP contribution < -0.4 is 39.5 Å². The number of aromatic nitrogens is 2. The maximum Gasteiger partial charge on any atom is 0.234 e. The first-order valence-electron chi connectivity index (χ1n) is 24.2. The van der Waals surface area contributed by atoms with Crippen LogP contribution in [0.1, 0.15) is 62.5 Å². The number of halogens is 1. The number of rotatable bonds is 17. The molecule has 5 heterocycles. The van der Waals surface area contributed by atoms with Crippen LogP contribution in [0.2, 0.25) is 5.02 Å². The molecule has 3 N–H and O–H groups in total. The third-order valence-corrected chi connectivity index (χ3v) is 16.0. The molecule has 372 valence electrons. The van der Waals surface area contributed by atoms with Crippen molar-refractivity contribution in [3.05, 3.63) is 76.9 Å². The van der Waals surface area contributed by atoms with Crippen LogP contribution in [0.5, 0.6) is 11.5 Å². The average molecular weight is 987 g/mol. The number of imide groups is 1. The van der Waals surface area contributed by atoms with Crippen LogP contribution in [0.15, 0.2) is 60.8 Å². The van der Waals surface area contributed by atoms with Crippen LogP contribution in [-0.2, 0) is 26.0 Å². The van der Waals surface area contributed by atoms with E-state index in [0.717, 1.165) is 115 Å². The summed E-state index contributed by atoms with van der Waals surface area (Å²) in [4.78, 5) is 45.9. The number of nitrogens with one attached hydrogen (secondary N) is 3. The molecule has 3 aromatic carbocycles. The van der Waals surface area contributed by atoms with Gasteiger partial charge in [0, 0.05) is 115 Å². The fourth-order valence-electron chi connectivity index (χ4n) is 10.2. The summed E-state index contributed by atoms with van der Waals surface area (Å²) in [7, 11) is 3.37. The van der Waals surface area contributed by atoms with Crippen molar-refractivity contribution in [2.75, 3.05) is 125 Å². The van der Waals surface area contributed by atoms with Gasteiger partial charge in [-0.25, -0.2) is 13.4 Å². The van der Waals surface area contributed by atoms with E-state index in [1.54, 1.807) is 25.3 Å². The number of anilines is 7. The number of benzene rings is 3. The number of ether oxygens (including phenoxy) is 2. The maximum absolute atomic E-state index is 12.5. The van der Waals surface area contributed by atoms with E-state index in [4.69, 9.17) is 21.1 Å². The lowest BCUT2D eigenvalue weighted by Crippen LogP contribution is -2.54. The van der Waals surface area contributed by atoms with Gasteiger partial charge in [0.15, 0.2) is 5.82 Å². The lowest BCUT2D eigenvalue weighted by atomic mass is 9.90. The van der Waals surface area contributed by atoms with Crippen LogP contribution in [0.25, 0.3) is 0 Å². The van der Waals surface area contributed by atoms with E-state index < -0.39 is 10.0 Å². The van der Waals surface area contributed by atoms with Crippen LogP contribution in [0.4, 0.5) is 40.2 Å². The van der Waals surface area contributed by atoms with Crippen molar-refractivity contribution in [1.82, 2.24) is 30.0 Å². The van der Waals surface area contributed by atoms with Crippen molar-refractivity contribution in [1.29, 1.82) is 0 Å². The van der Waals surface area contributed by atoms with Gasteiger partial charge < -0.3 is 34.8 Å². The Balaban J connectivity index is 0.794. The zero-order valence-corrected chi connectivity index (χ0v) is 42.4. The predicted octanol–water partition coefficient (Wildman–Crippen LogP) is 6.30. The zero-order chi connectivity index (χ0) is 48.8. The van der Waals surface area contributed by atoms with E-state index in [9.17, 15) is 18.0 Å². The summed E-state index contributed by atoms with van der Waals surface area (Å²) in [5.74, 6) is 1.15. The number of nitrogens with zero attached hydrogens (tertiary/aromatic N) is 8. The summed E-state index contributed by atoms with van der Waals surface area (Å²) >= 11 is 6.57. The average Bonchev–Trinajstić information content (AvgIpc) is 3.36. The monoisotopic (exact) mass is 985 g/mol. The highest BCUT2D eigenvalue weighted by molar-refractivity contribution is 7.92. The van der Waals surface area contributed by atoms with Crippen LogP contribution in [0.3, 0.4) is 0 Å². The van der Waals surface area contributed by atoms with Gasteiger partial charge >= 0.3 is 0 Å². The first-order valence-corrected chi connectivity index (χ1v) is 26.4. The van der Waals surface area contributed by atoms with Crippen LogP contribution >= 0.6 is 11.6 Å². The van der Waals surface area contributed by atoms with Crippen LogP contribution in [0, 0.1) is 0 Å². The largest absolute Gasteiger partial charge is 0.497 e. The Morgan fingerprint density at radius 2 is 1.55 bits per heavy atom. The Morgan fingerprint density at radius 1 is 0.841 bits per heavy atom. The van der Waals surface area contributed by atoms with E-state index in [1.807, 2.05) is 0 Å². The highest BCUT2D eigenvalue weighted by Crippen LogP contribution is 2.39. The van der Waals surface area contributed by atoms with E-state index in [-0.39, 0.29) is 22.8 Å². The second-order valence-corrected chi connectivity index (χ2v) is 21.1. The number of piperazine rings is 1. The first-order chi connectivity index (χ1) is 33.2. The topological polar surface area (TPSA) is 168 Å². The molecule has 1 aromatic heterocycles. The van der Waals surface area contributed by atoms with E-state index in [2.05, 4.69) is 101 Å². The molecular formula is C50H68ClN11O6S. The Bertz CT molecular complexity index is 2550. The van der Waals surface area contributed by atoms with Gasteiger partial charge in [-0.1, -0.05) is 30.7 Å². The lowest BCUT2D eigenvalue weighted by molar-refractivity contribution is -0.134. The third-order valence-electron chi connectivity index (χ3n) is 14.6. The second-order valence-electron chi connectivity index (χ2n) is 18.7. The molecule has 2 amide bonds. The van der Waals surface area contributed by atoms with Crippen molar-refractivity contribution in [2.24, 2.45) is 0 Å². The van der Waals surface area contributed by atoms with Gasteiger partial charge in [0.25, 0.3) is 0 Å². The number of carbonyl (C=O) groups excluding carboxylic acids is 2. The minimum atomic E-state index is -3.58. The summed E-state index contributed by atoms with van der Waals surface area (Å²) < 4.78 is 37.4. The van der Waals surface area contributed by atoms with Gasteiger partial charge in [-0.2, -0.15) is 4.98 Å². The summed E-state index contributed by atoms with van der Waals surface area (Å²) in [6, 6.07) is 18.8. The molecule has 1 atom stereocenters. The molecule has 0 radical (unpaired) electrons. The molecule has 4 aromatic rings. The zero-order valence-electron chi connectivity index (χ0n) is 40.8. The van der Waals surface area contributed by atoms with Gasteiger partial charge in [0.2, 0.25) is 27.8 Å². The van der Waals surface area contributed by atoms with Gasteiger partial charge in [-0.15, -0.1) is 0 Å². The minimum absolute atomic E-state index is 0.178. The number of methoxy groups -OCH3 is 2. The van der Waals surface area contributed by atoms with E-state index in [0.29, 0.717) is 59.6 Å². The molecule has 1 unspecified atom stereocenters. The summed E-state index contributed by atoms with van der Waals surface area (Å²) in [6.07, 6.45) is 8.92. The number of piperidine rings is 3. The molecule has 4 aliphatic heterocycles. The molecule has 19 heteroatoms. The highest BCUT2D eigenvalue weighted by Gasteiger charge is 2.31. The Labute approximate surface area is 412 Å². The van der Waals surface area contributed by atoms with Crippen molar-refractivity contribution in [2.45, 2.75) is 69.9 Å². The van der Waals surface area contributed by atoms with Crippen LogP contribution in [-0.4, -0.2) is 157 Å². The Morgan fingerprint density at radius 3 is 2.20 bits per heavy atom. The summed E-state index contributed by atoms with van der Waals surface area (Å²) in [5, 5.41) is 9.28. The number of likely N-dealkylation sites (N-methyl/N-ethyl adjacent to an activating group) is 1. The fourth-order valence-corrected chi connectivity index (χ4v) is 10.9. The number of aryl methyl sites for hydroxylation is 1.